The Kier molecular flexibility index (Phi) is 3.90. The minimum Gasteiger partial charge on any atom is -0.366 e. The number of H-pyrrole nitrogens is 1. The minimum absolute atomic E-state index is 0.141. The molecule has 0 radical (unpaired) electrons. The largest absolute Gasteiger partial charge is 0.411 e. The highest BCUT2D eigenvalue weighted by Crippen LogP contribution is 2.19. The van der Waals surface area contributed by atoms with Crippen molar-refractivity contribution in [1.82, 2.24) is 10.2 Å². The third-order valence-corrected chi connectivity index (χ3v) is 2.50. The average molecular weight is 270 g/mol. The fraction of sp³-hybridized carbons (Fsp3) is 0.308. The summed E-state index contributed by atoms with van der Waals surface area (Å²) in [7, 11) is 0. The summed E-state index contributed by atoms with van der Waals surface area (Å²) >= 11 is 0. The molecule has 102 valence electrons. The van der Waals surface area contributed by atoms with Crippen molar-refractivity contribution in [3.05, 3.63) is 41.6 Å². The number of aryl methyl sites for hydroxylation is 1. The molecule has 2 aromatic rings. The highest BCUT2D eigenvalue weighted by atomic mass is 19.4. The molecule has 0 aliphatic heterocycles. The van der Waals surface area contributed by atoms with E-state index >= 15 is 0 Å². The van der Waals surface area contributed by atoms with E-state index in [0.717, 1.165) is 11.1 Å². The quantitative estimate of drug-likeness (QED) is 0.923. The van der Waals surface area contributed by atoms with Gasteiger partial charge >= 0.3 is 6.18 Å². The molecule has 19 heavy (non-hydrogen) atoms. The number of hydrogen-bond donors (Lipinski definition) is 1. The lowest BCUT2D eigenvalue weighted by atomic mass is 10.1. The van der Waals surface area contributed by atoms with Gasteiger partial charge in [-0.15, -0.1) is 0 Å². The van der Waals surface area contributed by atoms with Crippen molar-refractivity contribution in [3.63, 3.8) is 0 Å². The molecule has 2 rings (SSSR count). The number of aromatic nitrogens is 2. The number of alkyl halides is 3. The molecule has 1 N–H and O–H groups in total. The number of rotatable bonds is 4. The van der Waals surface area contributed by atoms with Crippen molar-refractivity contribution in [2.24, 2.45) is 0 Å². The van der Waals surface area contributed by atoms with Gasteiger partial charge in [-0.05, 0) is 13.0 Å². The van der Waals surface area contributed by atoms with Gasteiger partial charge in [-0.3, -0.25) is 5.10 Å². The SMILES string of the molecule is Cc1ccc(-c2cc(COCC(F)(F)F)[nH]n2)cc1. The van der Waals surface area contributed by atoms with Gasteiger partial charge in [-0.1, -0.05) is 29.8 Å². The summed E-state index contributed by atoms with van der Waals surface area (Å²) in [5.74, 6) is 0. The molecular formula is C13H13F3N2O. The smallest absolute Gasteiger partial charge is 0.366 e. The molecule has 0 spiro atoms. The van der Waals surface area contributed by atoms with E-state index in [9.17, 15) is 13.2 Å². The highest BCUT2D eigenvalue weighted by molar-refractivity contribution is 5.59. The Labute approximate surface area is 108 Å². The maximum Gasteiger partial charge on any atom is 0.411 e. The Balaban J connectivity index is 1.97. The third-order valence-electron chi connectivity index (χ3n) is 2.50. The number of nitrogens with zero attached hydrogens (tertiary/aromatic N) is 1. The fourth-order valence-corrected chi connectivity index (χ4v) is 1.58. The first-order valence-corrected chi connectivity index (χ1v) is 5.70. The van der Waals surface area contributed by atoms with Gasteiger partial charge in [0, 0.05) is 5.56 Å². The molecule has 1 aromatic carbocycles. The summed E-state index contributed by atoms with van der Waals surface area (Å²) in [5.41, 5.74) is 3.24. The van der Waals surface area contributed by atoms with Crippen molar-refractivity contribution in [3.8, 4) is 11.3 Å². The molecule has 3 nitrogen and oxygen atoms in total. The molecule has 0 aliphatic carbocycles. The van der Waals surface area contributed by atoms with Crippen molar-refractivity contribution in [1.29, 1.82) is 0 Å². The number of nitrogens with one attached hydrogen (secondary N) is 1. The second-order valence-electron chi connectivity index (χ2n) is 4.25. The number of benzene rings is 1. The first-order valence-electron chi connectivity index (χ1n) is 5.70. The lowest BCUT2D eigenvalue weighted by Crippen LogP contribution is -2.16. The van der Waals surface area contributed by atoms with Gasteiger partial charge in [0.1, 0.15) is 6.61 Å². The van der Waals surface area contributed by atoms with E-state index in [-0.39, 0.29) is 6.61 Å². The van der Waals surface area contributed by atoms with E-state index < -0.39 is 12.8 Å². The second kappa shape index (κ2) is 5.44. The van der Waals surface area contributed by atoms with E-state index in [0.29, 0.717) is 11.4 Å². The van der Waals surface area contributed by atoms with Crippen LogP contribution in [-0.2, 0) is 11.3 Å². The predicted molar refractivity (Wildman–Crippen MR) is 64.5 cm³/mol. The van der Waals surface area contributed by atoms with Gasteiger partial charge in [-0.25, -0.2) is 0 Å². The van der Waals surface area contributed by atoms with Crippen LogP contribution < -0.4 is 0 Å². The monoisotopic (exact) mass is 270 g/mol. The van der Waals surface area contributed by atoms with Crippen molar-refractivity contribution in [2.45, 2.75) is 19.7 Å². The van der Waals surface area contributed by atoms with E-state index in [4.69, 9.17) is 0 Å². The van der Waals surface area contributed by atoms with Gasteiger partial charge in [-0.2, -0.15) is 18.3 Å². The average Bonchev–Trinajstić information content (AvgIpc) is 2.77. The van der Waals surface area contributed by atoms with E-state index in [1.165, 1.54) is 0 Å². The maximum atomic E-state index is 11.9. The van der Waals surface area contributed by atoms with Gasteiger partial charge in [0.05, 0.1) is 18.0 Å². The molecule has 1 heterocycles. The van der Waals surface area contributed by atoms with E-state index in [1.54, 1.807) is 6.07 Å². The number of hydrogen-bond acceptors (Lipinski definition) is 2. The molecule has 0 fully saturated rings. The van der Waals surface area contributed by atoms with Crippen LogP contribution in [0.25, 0.3) is 11.3 Å². The molecule has 0 aliphatic rings. The zero-order chi connectivity index (χ0) is 13.9. The minimum atomic E-state index is -4.31. The Hall–Kier alpha value is -1.82. The third kappa shape index (κ3) is 4.10. The Morgan fingerprint density at radius 2 is 1.89 bits per heavy atom. The molecule has 0 saturated heterocycles. The molecule has 0 unspecified atom stereocenters. The molecule has 1 aromatic heterocycles. The van der Waals surface area contributed by atoms with Crippen LogP contribution >= 0.6 is 0 Å². The van der Waals surface area contributed by atoms with Crippen LogP contribution in [0.1, 0.15) is 11.3 Å². The zero-order valence-corrected chi connectivity index (χ0v) is 10.3. The van der Waals surface area contributed by atoms with Gasteiger partial charge < -0.3 is 4.74 Å². The summed E-state index contributed by atoms with van der Waals surface area (Å²) in [5, 5.41) is 6.71. The molecule has 0 amide bonds. The molecule has 6 heteroatoms. The first kappa shape index (κ1) is 13.6. The van der Waals surface area contributed by atoms with Crippen LogP contribution in [0.4, 0.5) is 13.2 Å². The summed E-state index contributed by atoms with van der Waals surface area (Å²) in [6.45, 7) is 0.578. The van der Waals surface area contributed by atoms with Crippen molar-refractivity contribution in [2.75, 3.05) is 6.61 Å². The molecule has 0 saturated carbocycles. The van der Waals surface area contributed by atoms with Crippen molar-refractivity contribution >= 4 is 0 Å². The topological polar surface area (TPSA) is 37.9 Å². The number of aromatic amines is 1. The fourth-order valence-electron chi connectivity index (χ4n) is 1.58. The Morgan fingerprint density at radius 3 is 2.53 bits per heavy atom. The van der Waals surface area contributed by atoms with Crippen LogP contribution in [0.5, 0.6) is 0 Å². The zero-order valence-electron chi connectivity index (χ0n) is 10.3. The summed E-state index contributed by atoms with van der Waals surface area (Å²) in [4.78, 5) is 0. The van der Waals surface area contributed by atoms with E-state index in [2.05, 4.69) is 14.9 Å². The summed E-state index contributed by atoms with van der Waals surface area (Å²) in [6, 6.07) is 9.40. The normalized spacial score (nSPS) is 11.8. The lowest BCUT2D eigenvalue weighted by Gasteiger charge is -2.05. The van der Waals surface area contributed by atoms with Gasteiger partial charge in [0.15, 0.2) is 0 Å². The van der Waals surface area contributed by atoms with Crippen LogP contribution in [0.15, 0.2) is 30.3 Å². The van der Waals surface area contributed by atoms with Gasteiger partial charge in [0.2, 0.25) is 0 Å². The van der Waals surface area contributed by atoms with Crippen LogP contribution in [-0.4, -0.2) is 23.0 Å². The summed E-state index contributed by atoms with van der Waals surface area (Å²) in [6.07, 6.45) is -4.31. The van der Waals surface area contributed by atoms with Crippen molar-refractivity contribution < 1.29 is 17.9 Å². The second-order valence-corrected chi connectivity index (χ2v) is 4.25. The number of halogens is 3. The Morgan fingerprint density at radius 1 is 1.21 bits per heavy atom. The standard InChI is InChI=1S/C13H13F3N2O/c1-9-2-4-10(5-3-9)12-6-11(17-18-12)7-19-8-13(14,15)16/h2-6H,7-8H2,1H3,(H,17,18). The number of ether oxygens (including phenoxy) is 1. The predicted octanol–water partition coefficient (Wildman–Crippen LogP) is 3.46. The molecule has 0 bridgehead atoms. The van der Waals surface area contributed by atoms with Gasteiger partial charge in [0.25, 0.3) is 0 Å². The molecule has 0 atom stereocenters. The Bertz CT molecular complexity index is 532. The van der Waals surface area contributed by atoms with Crippen LogP contribution in [0, 0.1) is 6.92 Å². The first-order chi connectivity index (χ1) is 8.94. The lowest BCUT2D eigenvalue weighted by molar-refractivity contribution is -0.176. The van der Waals surface area contributed by atoms with Crippen LogP contribution in [0.2, 0.25) is 0 Å². The van der Waals surface area contributed by atoms with E-state index in [1.807, 2.05) is 31.2 Å². The molecular weight excluding hydrogens is 257 g/mol. The summed E-state index contributed by atoms with van der Waals surface area (Å²) < 4.78 is 40.3. The maximum absolute atomic E-state index is 11.9. The highest BCUT2D eigenvalue weighted by Gasteiger charge is 2.27. The van der Waals surface area contributed by atoms with Crippen LogP contribution in [0.3, 0.4) is 0 Å².